The Morgan fingerprint density at radius 2 is 2.03 bits per heavy atom. The highest BCUT2D eigenvalue weighted by molar-refractivity contribution is 5.97. The van der Waals surface area contributed by atoms with Gasteiger partial charge in [-0.2, -0.15) is 5.26 Å². The topological polar surface area (TPSA) is 141 Å². The van der Waals surface area contributed by atoms with Gasteiger partial charge in [-0.15, -0.1) is 10.2 Å². The Morgan fingerprint density at radius 3 is 2.70 bits per heavy atom. The molecule has 0 unspecified atom stereocenters. The average Bonchev–Trinajstić information content (AvgIpc) is 2.77. The van der Waals surface area contributed by atoms with Gasteiger partial charge in [-0.3, -0.25) is 4.79 Å². The number of carbonyl (C=O) groups is 1. The molecule has 1 fully saturated rings. The smallest absolute Gasteiger partial charge is 0.274 e. The van der Waals surface area contributed by atoms with E-state index in [0.29, 0.717) is 24.0 Å². The van der Waals surface area contributed by atoms with Gasteiger partial charge in [0.25, 0.3) is 12.3 Å². The first-order chi connectivity index (χ1) is 14.5. The second-order valence-electron chi connectivity index (χ2n) is 6.69. The van der Waals surface area contributed by atoms with Crippen LogP contribution in [0.25, 0.3) is 0 Å². The summed E-state index contributed by atoms with van der Waals surface area (Å²) in [6.07, 6.45) is 1.99. The van der Waals surface area contributed by atoms with Gasteiger partial charge < -0.3 is 21.3 Å². The maximum absolute atomic E-state index is 12.4. The predicted molar refractivity (Wildman–Crippen MR) is 104 cm³/mol. The minimum Gasteiger partial charge on any atom is -0.383 e. The van der Waals surface area contributed by atoms with Crippen LogP contribution in [0.3, 0.4) is 0 Å². The van der Waals surface area contributed by atoms with Gasteiger partial charge in [0.05, 0.1) is 24.6 Å². The van der Waals surface area contributed by atoms with Crippen LogP contribution in [0.15, 0.2) is 18.5 Å². The molecule has 158 valence electrons. The van der Waals surface area contributed by atoms with Crippen molar-refractivity contribution in [2.45, 2.75) is 19.3 Å². The third-order valence-electron chi connectivity index (χ3n) is 4.49. The van der Waals surface area contributed by atoms with Crippen molar-refractivity contribution in [3.8, 4) is 6.07 Å². The van der Waals surface area contributed by atoms with Crippen LogP contribution in [0.4, 0.5) is 26.1 Å². The van der Waals surface area contributed by atoms with Crippen molar-refractivity contribution in [2.24, 2.45) is 5.92 Å². The lowest BCUT2D eigenvalue weighted by atomic mass is 9.98. The van der Waals surface area contributed by atoms with E-state index in [1.807, 2.05) is 6.07 Å². The summed E-state index contributed by atoms with van der Waals surface area (Å²) in [4.78, 5) is 20.2. The number of rotatable bonds is 8. The molecule has 2 aromatic rings. The van der Waals surface area contributed by atoms with E-state index in [1.165, 1.54) is 12.4 Å². The quantitative estimate of drug-likeness (QED) is 0.500. The fourth-order valence-electron chi connectivity index (χ4n) is 2.93. The van der Waals surface area contributed by atoms with Crippen molar-refractivity contribution in [1.29, 1.82) is 5.26 Å². The van der Waals surface area contributed by atoms with E-state index in [0.717, 1.165) is 25.9 Å². The van der Waals surface area contributed by atoms with Crippen LogP contribution in [0, 0.1) is 17.2 Å². The summed E-state index contributed by atoms with van der Waals surface area (Å²) >= 11 is 0. The van der Waals surface area contributed by atoms with Crippen LogP contribution in [-0.2, 0) is 0 Å². The Morgan fingerprint density at radius 1 is 1.23 bits per heavy atom. The van der Waals surface area contributed by atoms with Crippen molar-refractivity contribution in [3.63, 3.8) is 0 Å². The Kier molecular flexibility index (Phi) is 7.34. The lowest BCUT2D eigenvalue weighted by molar-refractivity contribution is 0.0887. The molecular weight excluding hydrogens is 396 g/mol. The number of nitrogens with one attached hydrogen (secondary N) is 4. The van der Waals surface area contributed by atoms with E-state index in [2.05, 4.69) is 41.4 Å². The molecule has 1 saturated heterocycles. The maximum Gasteiger partial charge on any atom is 0.274 e. The van der Waals surface area contributed by atoms with E-state index in [4.69, 9.17) is 5.26 Å². The average molecular weight is 417 g/mol. The summed E-state index contributed by atoms with van der Waals surface area (Å²) in [5, 5.41) is 28.1. The van der Waals surface area contributed by atoms with Crippen LogP contribution in [-0.4, -0.2) is 58.7 Å². The van der Waals surface area contributed by atoms with Gasteiger partial charge in [0.15, 0.2) is 17.2 Å². The lowest BCUT2D eigenvalue weighted by Crippen LogP contribution is -2.32. The maximum atomic E-state index is 12.4. The first kappa shape index (κ1) is 21.3. The van der Waals surface area contributed by atoms with Gasteiger partial charge in [-0.05, 0) is 31.8 Å². The molecule has 0 atom stereocenters. The summed E-state index contributed by atoms with van der Waals surface area (Å²) in [6.45, 7) is 1.69. The summed E-state index contributed by atoms with van der Waals surface area (Å²) < 4.78 is 24.9. The molecule has 30 heavy (non-hydrogen) atoms. The van der Waals surface area contributed by atoms with Crippen molar-refractivity contribution >= 4 is 23.2 Å². The zero-order valence-corrected chi connectivity index (χ0v) is 16.0. The number of hydrogen-bond acceptors (Lipinski definition) is 9. The van der Waals surface area contributed by atoms with Gasteiger partial charge in [-0.1, -0.05) is 0 Å². The summed E-state index contributed by atoms with van der Waals surface area (Å²) in [5.41, 5.74) is 0.475. The van der Waals surface area contributed by atoms with E-state index >= 15 is 0 Å². The highest BCUT2D eigenvalue weighted by Crippen LogP contribution is 2.21. The Labute approximate surface area is 171 Å². The minimum atomic E-state index is -2.66. The van der Waals surface area contributed by atoms with Crippen molar-refractivity contribution in [2.75, 3.05) is 36.8 Å². The molecule has 1 aliphatic rings. The van der Waals surface area contributed by atoms with E-state index in [-0.39, 0.29) is 17.2 Å². The monoisotopic (exact) mass is 417 g/mol. The Hall–Kier alpha value is -3.46. The number of nitrogens with zero attached hydrogens (tertiary/aromatic N) is 5. The standard InChI is InChI=1S/C18H21F2N9O/c19-14(20)9-26-18(30)17-13(24-7-11-1-3-22-4-2-11)5-15(28-29-17)27-16-10-23-12(6-21)8-25-16/h5,8,10-11,14,22H,1-4,7,9H2,(H,26,30)(H2,24,25,27,28). The molecule has 10 nitrogen and oxygen atoms in total. The van der Waals surface area contributed by atoms with Gasteiger partial charge in [0.2, 0.25) is 0 Å². The van der Waals surface area contributed by atoms with Gasteiger partial charge in [0, 0.05) is 12.6 Å². The minimum absolute atomic E-state index is 0.0685. The van der Waals surface area contributed by atoms with E-state index in [9.17, 15) is 13.6 Å². The van der Waals surface area contributed by atoms with Gasteiger partial charge in [-0.25, -0.2) is 18.7 Å². The molecule has 0 radical (unpaired) electrons. The van der Waals surface area contributed by atoms with Crippen molar-refractivity contribution in [1.82, 2.24) is 30.8 Å². The SMILES string of the molecule is N#Cc1cnc(Nc2cc(NCC3CCNCC3)c(C(=O)NCC(F)F)nn2)cn1. The molecular formula is C18H21F2N9O. The number of carbonyl (C=O) groups excluding carboxylic acids is 1. The Bertz CT molecular complexity index is 896. The fraction of sp³-hybridized carbons (Fsp3) is 0.444. The second-order valence-corrected chi connectivity index (χ2v) is 6.69. The number of anilines is 3. The first-order valence-electron chi connectivity index (χ1n) is 9.43. The number of nitriles is 1. The number of amides is 1. The molecule has 0 saturated carbocycles. The molecule has 0 aromatic carbocycles. The summed E-state index contributed by atoms with van der Waals surface area (Å²) in [5.74, 6) is 0.298. The van der Waals surface area contributed by atoms with Gasteiger partial charge in [0.1, 0.15) is 11.9 Å². The van der Waals surface area contributed by atoms with Crippen LogP contribution in [0.5, 0.6) is 0 Å². The van der Waals surface area contributed by atoms with Crippen LogP contribution in [0.1, 0.15) is 29.0 Å². The molecule has 0 aliphatic carbocycles. The molecule has 1 aliphatic heterocycles. The predicted octanol–water partition coefficient (Wildman–Crippen LogP) is 1.29. The highest BCUT2D eigenvalue weighted by Gasteiger charge is 2.19. The molecule has 4 N–H and O–H groups in total. The van der Waals surface area contributed by atoms with Gasteiger partial charge >= 0.3 is 0 Å². The van der Waals surface area contributed by atoms with Crippen LogP contribution >= 0.6 is 0 Å². The number of halogens is 2. The molecule has 3 heterocycles. The molecule has 3 rings (SSSR count). The second kappa shape index (κ2) is 10.4. The number of aromatic nitrogens is 4. The van der Waals surface area contributed by atoms with Crippen molar-refractivity contribution < 1.29 is 13.6 Å². The van der Waals surface area contributed by atoms with Crippen LogP contribution < -0.4 is 21.3 Å². The molecule has 0 spiro atoms. The zero-order chi connectivity index (χ0) is 21.3. The molecule has 12 heteroatoms. The third kappa shape index (κ3) is 6.02. The summed E-state index contributed by atoms with van der Waals surface area (Å²) in [6, 6.07) is 3.43. The van der Waals surface area contributed by atoms with E-state index in [1.54, 1.807) is 6.07 Å². The first-order valence-corrected chi connectivity index (χ1v) is 9.43. The molecule has 2 aromatic heterocycles. The Balaban J connectivity index is 1.76. The fourth-order valence-corrected chi connectivity index (χ4v) is 2.93. The highest BCUT2D eigenvalue weighted by atomic mass is 19.3. The molecule has 1 amide bonds. The normalized spacial score (nSPS) is 14.2. The number of alkyl halides is 2. The number of hydrogen-bond donors (Lipinski definition) is 4. The largest absolute Gasteiger partial charge is 0.383 e. The summed E-state index contributed by atoms with van der Waals surface area (Å²) in [7, 11) is 0. The lowest BCUT2D eigenvalue weighted by Gasteiger charge is -2.23. The van der Waals surface area contributed by atoms with Crippen molar-refractivity contribution in [3.05, 3.63) is 29.8 Å². The molecule has 0 bridgehead atoms. The van der Waals surface area contributed by atoms with E-state index < -0.39 is 18.9 Å². The van der Waals surface area contributed by atoms with Crippen LogP contribution in [0.2, 0.25) is 0 Å². The third-order valence-corrected chi connectivity index (χ3v) is 4.49. The zero-order valence-electron chi connectivity index (χ0n) is 16.0. The number of piperidine rings is 1.